The molecule has 26 heavy (non-hydrogen) atoms. The van der Waals surface area contributed by atoms with E-state index in [1.54, 1.807) is 12.1 Å². The number of phenolic OH excluding ortho intramolecular Hbond substituents is 1. The predicted octanol–water partition coefficient (Wildman–Crippen LogP) is 2.81. The standard InChI is InChI=1S/C20H20N2O4/c1-20(2)11-26-17-9-12(3-8-15(17)20)21-16-10-18(24)22(19(16)25)13-4-6-14(23)7-5-13/h3-9,16,21,23H,10-11H2,1-2H3. The first-order valence-corrected chi connectivity index (χ1v) is 8.55. The molecule has 6 heteroatoms. The number of fused-ring (bicyclic) bond motifs is 1. The molecule has 1 unspecified atom stereocenters. The second-order valence-corrected chi connectivity index (χ2v) is 7.37. The minimum Gasteiger partial charge on any atom is -0.508 e. The Bertz CT molecular complexity index is 889. The van der Waals surface area contributed by atoms with Gasteiger partial charge in [0.15, 0.2) is 0 Å². The number of nitrogens with one attached hydrogen (secondary N) is 1. The van der Waals surface area contributed by atoms with E-state index < -0.39 is 6.04 Å². The van der Waals surface area contributed by atoms with Crippen LogP contribution in [0.3, 0.4) is 0 Å². The highest BCUT2D eigenvalue weighted by Crippen LogP contribution is 2.40. The van der Waals surface area contributed by atoms with E-state index in [1.807, 2.05) is 18.2 Å². The lowest BCUT2D eigenvalue weighted by Gasteiger charge is -2.17. The third kappa shape index (κ3) is 2.67. The van der Waals surface area contributed by atoms with Crippen LogP contribution >= 0.6 is 0 Å². The lowest BCUT2D eigenvalue weighted by atomic mass is 9.87. The Labute approximate surface area is 151 Å². The van der Waals surface area contributed by atoms with Crippen LogP contribution in [0, 0.1) is 0 Å². The lowest BCUT2D eigenvalue weighted by molar-refractivity contribution is -0.121. The zero-order valence-electron chi connectivity index (χ0n) is 14.7. The number of hydrogen-bond acceptors (Lipinski definition) is 5. The maximum absolute atomic E-state index is 12.7. The van der Waals surface area contributed by atoms with Crippen molar-refractivity contribution >= 4 is 23.2 Å². The molecule has 0 spiro atoms. The Hall–Kier alpha value is -3.02. The SMILES string of the molecule is CC1(C)COc2cc(NC3CC(=O)N(c4ccc(O)cc4)C3=O)ccc21. The third-order valence-electron chi connectivity index (χ3n) is 4.89. The Morgan fingerprint density at radius 3 is 2.62 bits per heavy atom. The van der Waals surface area contributed by atoms with Gasteiger partial charge < -0.3 is 15.2 Å². The summed E-state index contributed by atoms with van der Waals surface area (Å²) in [5.41, 5.74) is 2.33. The van der Waals surface area contributed by atoms with E-state index in [0.717, 1.165) is 21.9 Å². The van der Waals surface area contributed by atoms with Crippen molar-refractivity contribution in [2.75, 3.05) is 16.8 Å². The van der Waals surface area contributed by atoms with Gasteiger partial charge in [-0.3, -0.25) is 9.59 Å². The van der Waals surface area contributed by atoms with Gasteiger partial charge in [0.25, 0.3) is 5.91 Å². The molecule has 0 aromatic heterocycles. The van der Waals surface area contributed by atoms with Gasteiger partial charge in [0.05, 0.1) is 18.7 Å². The van der Waals surface area contributed by atoms with Crippen molar-refractivity contribution in [3.63, 3.8) is 0 Å². The Kier molecular flexibility index (Phi) is 3.64. The van der Waals surface area contributed by atoms with Crippen LogP contribution < -0.4 is 15.0 Å². The average molecular weight is 352 g/mol. The van der Waals surface area contributed by atoms with Gasteiger partial charge in [-0.05, 0) is 30.3 Å². The van der Waals surface area contributed by atoms with Crippen LogP contribution in [0.5, 0.6) is 11.5 Å². The normalized spacial score (nSPS) is 20.8. The van der Waals surface area contributed by atoms with Gasteiger partial charge in [-0.2, -0.15) is 0 Å². The van der Waals surface area contributed by atoms with Crippen molar-refractivity contribution < 1.29 is 19.4 Å². The van der Waals surface area contributed by atoms with Crippen molar-refractivity contribution in [2.45, 2.75) is 31.7 Å². The first-order valence-electron chi connectivity index (χ1n) is 8.55. The fourth-order valence-electron chi connectivity index (χ4n) is 3.45. The summed E-state index contributed by atoms with van der Waals surface area (Å²) in [7, 11) is 0. The maximum Gasteiger partial charge on any atom is 0.256 e. The van der Waals surface area contributed by atoms with Crippen molar-refractivity contribution in [3.05, 3.63) is 48.0 Å². The smallest absolute Gasteiger partial charge is 0.256 e. The minimum atomic E-state index is -0.622. The molecule has 2 N–H and O–H groups in total. The molecule has 1 fully saturated rings. The quantitative estimate of drug-likeness (QED) is 0.831. The lowest BCUT2D eigenvalue weighted by Crippen LogP contribution is -2.34. The van der Waals surface area contributed by atoms with E-state index in [0.29, 0.717) is 12.3 Å². The first kappa shape index (κ1) is 16.4. The molecular weight excluding hydrogens is 332 g/mol. The zero-order valence-corrected chi connectivity index (χ0v) is 14.7. The average Bonchev–Trinajstić information content (AvgIpc) is 3.05. The van der Waals surface area contributed by atoms with Crippen LogP contribution in [-0.4, -0.2) is 29.6 Å². The number of carbonyl (C=O) groups excluding carboxylic acids is 2. The van der Waals surface area contributed by atoms with Crippen molar-refractivity contribution in [2.24, 2.45) is 0 Å². The van der Waals surface area contributed by atoms with Gasteiger partial charge in [-0.1, -0.05) is 19.9 Å². The molecular formula is C20H20N2O4. The zero-order chi connectivity index (χ0) is 18.5. The van der Waals surface area contributed by atoms with E-state index in [-0.39, 0.29) is 29.4 Å². The predicted molar refractivity (Wildman–Crippen MR) is 97.6 cm³/mol. The van der Waals surface area contributed by atoms with Crippen LogP contribution in [0.2, 0.25) is 0 Å². The highest BCUT2D eigenvalue weighted by Gasteiger charge is 2.40. The third-order valence-corrected chi connectivity index (χ3v) is 4.89. The van der Waals surface area contributed by atoms with E-state index in [9.17, 15) is 14.7 Å². The summed E-state index contributed by atoms with van der Waals surface area (Å²) in [6, 6.07) is 11.2. The highest BCUT2D eigenvalue weighted by molar-refractivity contribution is 6.23. The number of hydrogen-bond donors (Lipinski definition) is 2. The molecule has 4 rings (SSSR count). The molecule has 0 radical (unpaired) electrons. The molecule has 2 aliphatic rings. The van der Waals surface area contributed by atoms with E-state index in [1.165, 1.54) is 12.1 Å². The van der Waals surface area contributed by atoms with Crippen molar-refractivity contribution in [3.8, 4) is 11.5 Å². The Morgan fingerprint density at radius 2 is 1.88 bits per heavy atom. The summed E-state index contributed by atoms with van der Waals surface area (Å²) in [5, 5.41) is 12.5. The summed E-state index contributed by atoms with van der Waals surface area (Å²) in [4.78, 5) is 26.2. The molecule has 0 saturated carbocycles. The summed E-state index contributed by atoms with van der Waals surface area (Å²) in [5.74, 6) is 0.329. The molecule has 2 aromatic carbocycles. The number of aromatic hydroxyl groups is 1. The van der Waals surface area contributed by atoms with Crippen LogP contribution in [-0.2, 0) is 15.0 Å². The van der Waals surface area contributed by atoms with Gasteiger partial charge in [-0.15, -0.1) is 0 Å². The number of ether oxygens (including phenoxy) is 1. The largest absolute Gasteiger partial charge is 0.508 e. The molecule has 2 heterocycles. The molecule has 2 amide bonds. The van der Waals surface area contributed by atoms with Crippen molar-refractivity contribution in [1.29, 1.82) is 0 Å². The first-order chi connectivity index (χ1) is 12.3. The number of anilines is 2. The number of carbonyl (C=O) groups is 2. The number of benzene rings is 2. The molecule has 6 nitrogen and oxygen atoms in total. The van der Waals surface area contributed by atoms with Gasteiger partial charge in [0.2, 0.25) is 5.91 Å². The molecule has 2 aliphatic heterocycles. The second-order valence-electron chi connectivity index (χ2n) is 7.37. The Balaban J connectivity index is 1.54. The highest BCUT2D eigenvalue weighted by atomic mass is 16.5. The van der Waals surface area contributed by atoms with E-state index in [2.05, 4.69) is 19.2 Å². The number of nitrogens with zero attached hydrogens (tertiary/aromatic N) is 1. The van der Waals surface area contributed by atoms with E-state index >= 15 is 0 Å². The fraction of sp³-hybridized carbons (Fsp3) is 0.300. The summed E-state index contributed by atoms with van der Waals surface area (Å²) in [6.45, 7) is 4.88. The van der Waals surface area contributed by atoms with Gasteiger partial charge in [0.1, 0.15) is 17.5 Å². The monoisotopic (exact) mass is 352 g/mol. The molecule has 1 saturated heterocycles. The summed E-state index contributed by atoms with van der Waals surface area (Å²) >= 11 is 0. The fourth-order valence-corrected chi connectivity index (χ4v) is 3.45. The molecule has 0 bridgehead atoms. The number of imide groups is 1. The minimum absolute atomic E-state index is 0.0251. The van der Waals surface area contributed by atoms with Gasteiger partial charge in [0, 0.05) is 22.7 Å². The number of rotatable bonds is 3. The topological polar surface area (TPSA) is 78.9 Å². The number of amides is 2. The van der Waals surface area contributed by atoms with Crippen LogP contribution in [0.4, 0.5) is 11.4 Å². The summed E-state index contributed by atoms with van der Waals surface area (Å²) in [6.07, 6.45) is 0.0865. The molecule has 2 aromatic rings. The van der Waals surface area contributed by atoms with Gasteiger partial charge >= 0.3 is 0 Å². The van der Waals surface area contributed by atoms with E-state index in [4.69, 9.17) is 4.74 Å². The van der Waals surface area contributed by atoms with Crippen LogP contribution in [0.25, 0.3) is 0 Å². The molecule has 1 atom stereocenters. The van der Waals surface area contributed by atoms with Crippen LogP contribution in [0.15, 0.2) is 42.5 Å². The Morgan fingerprint density at radius 1 is 1.15 bits per heavy atom. The maximum atomic E-state index is 12.7. The van der Waals surface area contributed by atoms with Crippen LogP contribution in [0.1, 0.15) is 25.8 Å². The molecule has 0 aliphatic carbocycles. The molecule has 134 valence electrons. The van der Waals surface area contributed by atoms with Gasteiger partial charge in [-0.25, -0.2) is 4.90 Å². The number of phenols is 1. The summed E-state index contributed by atoms with van der Waals surface area (Å²) < 4.78 is 5.74. The second kappa shape index (κ2) is 5.76. The van der Waals surface area contributed by atoms with Crippen molar-refractivity contribution in [1.82, 2.24) is 0 Å².